The number of esters is 1. The summed E-state index contributed by atoms with van der Waals surface area (Å²) in [6, 6.07) is 11.9. The number of nitrogens with zero attached hydrogens (tertiary/aromatic N) is 5. The van der Waals surface area contributed by atoms with E-state index in [-0.39, 0.29) is 11.8 Å². The lowest BCUT2D eigenvalue weighted by Crippen LogP contribution is -2.38. The molecule has 3 aromatic heterocycles. The largest absolute Gasteiger partial charge is 0.440 e. The van der Waals surface area contributed by atoms with Crippen LogP contribution < -0.4 is 10.6 Å². The van der Waals surface area contributed by atoms with Crippen LogP contribution >= 0.6 is 0 Å². The van der Waals surface area contributed by atoms with Gasteiger partial charge in [-0.05, 0) is 62.3 Å². The normalized spacial score (nSPS) is 13.8. The Morgan fingerprint density at radius 2 is 1.84 bits per heavy atom. The third-order valence-corrected chi connectivity index (χ3v) is 7.54. The fourth-order valence-electron chi connectivity index (χ4n) is 4.65. The van der Waals surface area contributed by atoms with Crippen LogP contribution in [0.15, 0.2) is 73.2 Å². The summed E-state index contributed by atoms with van der Waals surface area (Å²) in [7, 11) is 5.61. The van der Waals surface area contributed by atoms with Gasteiger partial charge in [-0.15, -0.1) is 0 Å². The van der Waals surface area contributed by atoms with Crippen LogP contribution in [0.4, 0.5) is 10.1 Å². The minimum absolute atomic E-state index is 0.0312. The molecule has 1 amide bonds. The summed E-state index contributed by atoms with van der Waals surface area (Å²) in [6.45, 7) is 6.29. The zero-order chi connectivity index (χ0) is 31.3. The van der Waals surface area contributed by atoms with Gasteiger partial charge in [0.25, 0.3) is 0 Å². The molecule has 0 saturated carbocycles. The number of benzene rings is 1. The van der Waals surface area contributed by atoms with Crippen LogP contribution in [0, 0.1) is 11.9 Å². The second-order valence-electron chi connectivity index (χ2n) is 11.0. The van der Waals surface area contributed by atoms with Crippen LogP contribution in [0.5, 0.6) is 0 Å². The zero-order valence-corrected chi connectivity index (χ0v) is 25.5. The predicted octanol–water partition coefficient (Wildman–Crippen LogP) is 5.42. The molecule has 0 radical (unpaired) electrons. The number of fused-ring (bicyclic) bond motifs is 1. The number of carbonyl (C=O) groups is 2. The van der Waals surface area contributed by atoms with Crippen molar-refractivity contribution in [2.45, 2.75) is 39.5 Å². The maximum Gasteiger partial charge on any atom is 0.325 e. The fourth-order valence-corrected chi connectivity index (χ4v) is 4.65. The molecule has 0 bridgehead atoms. The average molecular weight is 587 g/mol. The number of carbonyl (C=O) groups excluding carboxylic acids is 2. The molecule has 0 aliphatic carbocycles. The quantitative estimate of drug-likeness (QED) is 0.142. The summed E-state index contributed by atoms with van der Waals surface area (Å²) in [4.78, 5) is 37.5. The third kappa shape index (κ3) is 7.33. The van der Waals surface area contributed by atoms with Crippen molar-refractivity contribution in [3.8, 4) is 22.3 Å². The van der Waals surface area contributed by atoms with Gasteiger partial charge in [-0.3, -0.25) is 14.2 Å². The maximum atomic E-state index is 14.2. The lowest BCUT2D eigenvalue weighted by atomic mass is 10.0. The number of hydrogen-bond acceptors (Lipinski definition) is 7. The summed E-state index contributed by atoms with van der Waals surface area (Å²) in [5.41, 5.74) is 10.4. The number of anilines is 1. The first kappa shape index (κ1) is 31.5. The van der Waals surface area contributed by atoms with Gasteiger partial charge in [0.1, 0.15) is 11.7 Å². The molecule has 0 fully saturated rings. The highest BCUT2D eigenvalue weighted by Crippen LogP contribution is 2.35. The third-order valence-electron chi connectivity index (χ3n) is 7.54. The van der Waals surface area contributed by atoms with E-state index in [2.05, 4.69) is 4.98 Å². The number of likely N-dealkylation sites (N-methyl/N-ethyl adjacent to an activating group) is 2. The number of hydrogen-bond donors (Lipinski definition) is 1. The van der Waals surface area contributed by atoms with Crippen molar-refractivity contribution in [2.24, 2.45) is 11.7 Å². The fraction of sp³-hybridized carbons (Fsp3) is 0.333. The first-order valence-electron chi connectivity index (χ1n) is 14.3. The van der Waals surface area contributed by atoms with Gasteiger partial charge in [0.15, 0.2) is 6.23 Å². The monoisotopic (exact) mass is 586 g/mol. The zero-order valence-electron chi connectivity index (χ0n) is 25.5. The van der Waals surface area contributed by atoms with E-state index in [4.69, 9.17) is 15.5 Å². The summed E-state index contributed by atoms with van der Waals surface area (Å²) >= 11 is 0. The van der Waals surface area contributed by atoms with E-state index in [1.165, 1.54) is 12.3 Å². The van der Waals surface area contributed by atoms with Crippen molar-refractivity contribution < 1.29 is 18.7 Å². The summed E-state index contributed by atoms with van der Waals surface area (Å²) in [5.74, 6) is -1.27. The molecule has 4 aromatic rings. The van der Waals surface area contributed by atoms with Crippen LogP contribution in [-0.2, 0) is 14.3 Å². The molecule has 4 rings (SSSR count). The number of halogens is 1. The Labute approximate surface area is 251 Å². The second-order valence-corrected chi connectivity index (χ2v) is 11.0. The van der Waals surface area contributed by atoms with Crippen LogP contribution in [-0.4, -0.2) is 65.0 Å². The van der Waals surface area contributed by atoms with Gasteiger partial charge in [-0.2, -0.15) is 4.39 Å². The van der Waals surface area contributed by atoms with E-state index >= 15 is 0 Å². The maximum absolute atomic E-state index is 14.2. The molecule has 0 aliphatic rings. The van der Waals surface area contributed by atoms with Crippen molar-refractivity contribution in [2.75, 3.05) is 32.6 Å². The highest BCUT2D eigenvalue weighted by Gasteiger charge is 2.25. The molecule has 2 N–H and O–H groups in total. The lowest BCUT2D eigenvalue weighted by Gasteiger charge is -2.21. The number of aromatic nitrogens is 3. The Morgan fingerprint density at radius 1 is 1.07 bits per heavy atom. The molecule has 9 nitrogen and oxygen atoms in total. The van der Waals surface area contributed by atoms with E-state index in [9.17, 15) is 14.0 Å². The Kier molecular flexibility index (Phi) is 10.1. The SMILES string of the molecule is CC[C@H](C)[C@H](N)C(=O)OC(C)n1cc(-c2ccnc(F)c2)c2cc(-c3cccc(N(C)C(=O)/C=C/CN(C)C)c3)cnc21. The molecule has 226 valence electrons. The predicted molar refractivity (Wildman–Crippen MR) is 168 cm³/mol. The smallest absolute Gasteiger partial charge is 0.325 e. The van der Waals surface area contributed by atoms with Gasteiger partial charge in [-0.1, -0.05) is 38.5 Å². The summed E-state index contributed by atoms with van der Waals surface area (Å²) in [6.07, 6.45) is 8.35. The van der Waals surface area contributed by atoms with Crippen molar-refractivity contribution in [1.82, 2.24) is 19.4 Å². The second kappa shape index (κ2) is 13.7. The van der Waals surface area contributed by atoms with Gasteiger partial charge in [0.2, 0.25) is 11.9 Å². The molecule has 43 heavy (non-hydrogen) atoms. The molecule has 3 heterocycles. The highest BCUT2D eigenvalue weighted by atomic mass is 19.1. The molecule has 0 spiro atoms. The minimum Gasteiger partial charge on any atom is -0.440 e. The Hall–Kier alpha value is -4.41. The van der Waals surface area contributed by atoms with E-state index in [1.807, 2.05) is 69.3 Å². The van der Waals surface area contributed by atoms with Crippen molar-refractivity contribution in [3.05, 3.63) is 79.2 Å². The number of nitrogens with two attached hydrogens (primary N) is 1. The molecule has 1 unspecified atom stereocenters. The van der Waals surface area contributed by atoms with E-state index in [0.717, 1.165) is 28.6 Å². The van der Waals surface area contributed by atoms with E-state index in [1.54, 1.807) is 48.0 Å². The average Bonchev–Trinajstić information content (AvgIpc) is 3.38. The first-order chi connectivity index (χ1) is 20.5. The van der Waals surface area contributed by atoms with E-state index < -0.39 is 24.2 Å². The Morgan fingerprint density at radius 3 is 2.53 bits per heavy atom. The van der Waals surface area contributed by atoms with Crippen LogP contribution in [0.25, 0.3) is 33.3 Å². The van der Waals surface area contributed by atoms with Crippen LogP contribution in [0.3, 0.4) is 0 Å². The Bertz CT molecular complexity index is 1630. The van der Waals surface area contributed by atoms with Gasteiger partial charge in [0.05, 0.1) is 0 Å². The minimum atomic E-state index is -0.747. The first-order valence-corrected chi connectivity index (χ1v) is 14.3. The van der Waals surface area contributed by atoms with Crippen molar-refractivity contribution in [1.29, 1.82) is 0 Å². The lowest BCUT2D eigenvalue weighted by molar-refractivity contribution is -0.155. The van der Waals surface area contributed by atoms with Gasteiger partial charge in [-0.25, -0.2) is 9.97 Å². The van der Waals surface area contributed by atoms with E-state index in [0.29, 0.717) is 23.3 Å². The summed E-state index contributed by atoms with van der Waals surface area (Å²) < 4.78 is 21.7. The summed E-state index contributed by atoms with van der Waals surface area (Å²) in [5, 5.41) is 0.735. The number of amides is 1. The highest BCUT2D eigenvalue weighted by molar-refractivity contribution is 6.01. The van der Waals surface area contributed by atoms with Crippen molar-refractivity contribution in [3.63, 3.8) is 0 Å². The topological polar surface area (TPSA) is 107 Å². The van der Waals surface area contributed by atoms with Gasteiger partial charge in [0, 0.05) is 66.5 Å². The van der Waals surface area contributed by atoms with Crippen LogP contribution in [0.2, 0.25) is 0 Å². The standard InChI is InChI=1S/C33H39FN6O3/c1-7-21(2)31(35)33(42)43-22(3)40-20-28(24-13-14-36-29(34)18-24)27-17-25(19-37-32(27)40)23-10-8-11-26(16-23)39(6)30(41)12-9-15-38(4)5/h8-14,16-22,31H,7,15,35H2,1-6H3/b12-9+/t21-,22?,31-/m0/s1. The number of rotatable bonds is 11. The molecule has 0 aliphatic heterocycles. The van der Waals surface area contributed by atoms with Crippen LogP contribution in [0.1, 0.15) is 33.4 Å². The Balaban J connectivity index is 1.73. The number of ether oxygens (including phenoxy) is 1. The molecule has 0 saturated heterocycles. The molecular formula is C33H39FN6O3. The molecular weight excluding hydrogens is 547 g/mol. The molecule has 10 heteroatoms. The number of pyridine rings is 2. The van der Waals surface area contributed by atoms with Crippen molar-refractivity contribution >= 4 is 28.6 Å². The molecule has 1 aromatic carbocycles. The molecule has 3 atom stereocenters. The van der Waals surface area contributed by atoms with Gasteiger partial charge < -0.3 is 20.3 Å². The van der Waals surface area contributed by atoms with Gasteiger partial charge >= 0.3 is 5.97 Å².